The molecule has 0 bridgehead atoms. The van der Waals surface area contributed by atoms with E-state index in [1.54, 1.807) is 0 Å². The monoisotopic (exact) mass is 335 g/mol. The lowest BCUT2D eigenvalue weighted by Crippen LogP contribution is -2.42. The average Bonchev–Trinajstić information content (AvgIpc) is 2.09. The molecule has 0 aliphatic rings. The summed E-state index contributed by atoms with van der Waals surface area (Å²) in [6.45, 7) is 0.923. The van der Waals surface area contributed by atoms with Crippen LogP contribution in [0.2, 0.25) is 0 Å². The number of phosphoric acid groups is 2. The third-order valence-electron chi connectivity index (χ3n) is 1.46. The summed E-state index contributed by atoms with van der Waals surface area (Å²) in [6.07, 6.45) is -1.09. The van der Waals surface area contributed by atoms with Gasteiger partial charge in [-0.15, -0.1) is 0 Å². The molecule has 20 heavy (non-hydrogen) atoms. The second-order valence-electron chi connectivity index (χ2n) is 3.31. The van der Waals surface area contributed by atoms with Gasteiger partial charge in [0.1, 0.15) is 6.04 Å². The zero-order valence-electron chi connectivity index (χ0n) is 9.83. The largest absolute Gasteiger partial charge is 0.527 e. The van der Waals surface area contributed by atoms with Crippen molar-refractivity contribution in [1.29, 1.82) is 0 Å². The van der Waals surface area contributed by atoms with Crippen molar-refractivity contribution < 1.29 is 52.1 Å². The van der Waals surface area contributed by atoms with E-state index < -0.39 is 46.0 Å². The van der Waals surface area contributed by atoms with Gasteiger partial charge in [0.05, 0.1) is 6.42 Å². The van der Waals surface area contributed by atoms with E-state index >= 15 is 0 Å². The van der Waals surface area contributed by atoms with Crippen LogP contribution in [-0.4, -0.2) is 43.5 Å². The van der Waals surface area contributed by atoms with Crippen molar-refractivity contribution in [2.24, 2.45) is 0 Å². The van der Waals surface area contributed by atoms with Crippen LogP contribution in [0.5, 0.6) is 0 Å². The molecule has 1 atom stereocenters. The summed E-state index contributed by atoms with van der Waals surface area (Å²) in [5, 5.41) is 1.81. The average molecular weight is 335 g/mol. The minimum atomic E-state index is -5.21. The Morgan fingerprint density at radius 1 is 1.05 bits per heavy atom. The molecule has 0 aromatic heterocycles. The summed E-state index contributed by atoms with van der Waals surface area (Å²) in [5.41, 5.74) is 0. The summed E-state index contributed by atoms with van der Waals surface area (Å²) in [4.78, 5) is 66.6. The first-order chi connectivity index (χ1) is 8.80. The predicted octanol–water partition coefficient (Wildman–Crippen LogP) is -1.85. The predicted molar refractivity (Wildman–Crippen MR) is 58.5 cm³/mol. The van der Waals surface area contributed by atoms with E-state index in [0.29, 0.717) is 0 Å². The summed E-state index contributed by atoms with van der Waals surface area (Å²) in [6, 6.07) is -1.88. The molecule has 0 aromatic carbocycles. The van der Waals surface area contributed by atoms with Crippen LogP contribution in [-0.2, 0) is 32.6 Å². The first-order valence-corrected chi connectivity index (χ1v) is 7.70. The van der Waals surface area contributed by atoms with E-state index in [1.165, 1.54) is 0 Å². The zero-order chi connectivity index (χ0) is 16.1. The van der Waals surface area contributed by atoms with Gasteiger partial charge < -0.3 is 14.4 Å². The number of amides is 1. The van der Waals surface area contributed by atoms with E-state index in [9.17, 15) is 23.5 Å². The minimum absolute atomic E-state index is 0.860. The summed E-state index contributed by atoms with van der Waals surface area (Å²) in [5.74, 6) is -4.11. The number of nitrogens with one attached hydrogen (secondary N) is 1. The maximum atomic E-state index is 11.3. The Kier molecular flexibility index (Phi) is 6.48. The third kappa shape index (κ3) is 9.62. The number of rotatable bonds is 6. The van der Waals surface area contributed by atoms with E-state index in [2.05, 4.69) is 9.05 Å². The summed E-state index contributed by atoms with van der Waals surface area (Å²) in [7, 11) is -10.4. The van der Waals surface area contributed by atoms with Crippen LogP contribution >= 0.6 is 15.6 Å². The molecule has 0 aliphatic carbocycles. The van der Waals surface area contributed by atoms with Gasteiger partial charge in [-0.25, -0.2) is 13.9 Å². The standard InChI is InChI=1S/C6H11NO11P2/c1-3(8)7-4(6(10)18-20(14,15)16)2-5(9)17-19(11,12)13/h4H,2H2,1H3,(H,7,8)(H2,11,12,13)(H2,14,15,16)/t4-/m0/s1. The Morgan fingerprint density at radius 2 is 1.50 bits per heavy atom. The first kappa shape index (κ1) is 18.7. The normalized spacial score (nSPS) is 13.2. The second-order valence-corrected chi connectivity index (χ2v) is 5.64. The molecule has 5 N–H and O–H groups in total. The number of carbonyl (C=O) groups is 3. The van der Waals surface area contributed by atoms with Gasteiger partial charge in [0.25, 0.3) is 0 Å². The minimum Gasteiger partial charge on any atom is -0.371 e. The fourth-order valence-electron chi connectivity index (χ4n) is 0.956. The van der Waals surface area contributed by atoms with Crippen LogP contribution in [0.4, 0.5) is 0 Å². The maximum Gasteiger partial charge on any atom is 0.527 e. The highest BCUT2D eigenvalue weighted by Gasteiger charge is 2.32. The van der Waals surface area contributed by atoms with Crippen LogP contribution in [0.3, 0.4) is 0 Å². The lowest BCUT2D eigenvalue weighted by Gasteiger charge is -2.16. The molecule has 12 nitrogen and oxygen atoms in total. The van der Waals surface area contributed by atoms with Gasteiger partial charge in [-0.2, -0.15) is 0 Å². The van der Waals surface area contributed by atoms with Gasteiger partial charge >= 0.3 is 27.6 Å². The molecule has 0 heterocycles. The first-order valence-electron chi connectivity index (χ1n) is 4.64. The van der Waals surface area contributed by atoms with Crippen molar-refractivity contribution in [2.75, 3.05) is 0 Å². The molecule has 0 saturated carbocycles. The van der Waals surface area contributed by atoms with Crippen LogP contribution < -0.4 is 5.32 Å². The number of phosphoric ester groups is 2. The van der Waals surface area contributed by atoms with E-state index in [-0.39, 0.29) is 0 Å². The smallest absolute Gasteiger partial charge is 0.371 e. The Labute approximate surface area is 111 Å². The Bertz CT molecular complexity index is 489. The summed E-state index contributed by atoms with van der Waals surface area (Å²) < 4.78 is 28.1. The summed E-state index contributed by atoms with van der Waals surface area (Å²) >= 11 is 0. The number of carbonyl (C=O) groups excluding carboxylic acids is 3. The molecule has 0 spiro atoms. The number of hydrogen-bond acceptors (Lipinski definition) is 7. The van der Waals surface area contributed by atoms with Crippen LogP contribution in [0.25, 0.3) is 0 Å². The highest BCUT2D eigenvalue weighted by Crippen LogP contribution is 2.38. The van der Waals surface area contributed by atoms with Crippen molar-refractivity contribution in [1.82, 2.24) is 5.32 Å². The highest BCUT2D eigenvalue weighted by atomic mass is 31.2. The van der Waals surface area contributed by atoms with Crippen molar-refractivity contribution in [3.8, 4) is 0 Å². The third-order valence-corrected chi connectivity index (χ3v) is 2.32. The molecule has 0 fully saturated rings. The van der Waals surface area contributed by atoms with Crippen molar-refractivity contribution in [3.63, 3.8) is 0 Å². The highest BCUT2D eigenvalue weighted by molar-refractivity contribution is 7.47. The molecule has 0 saturated heterocycles. The SMILES string of the molecule is CC(=O)N[C@@H](CC(=O)OP(=O)(O)O)C(=O)OP(=O)(O)O. The molecule has 0 aliphatic heterocycles. The lowest BCUT2D eigenvalue weighted by molar-refractivity contribution is -0.145. The van der Waals surface area contributed by atoms with Gasteiger partial charge in [-0.1, -0.05) is 0 Å². The second kappa shape index (κ2) is 6.93. The molecule has 14 heteroatoms. The molecule has 0 radical (unpaired) electrons. The van der Waals surface area contributed by atoms with Crippen LogP contribution in [0.1, 0.15) is 13.3 Å². The van der Waals surface area contributed by atoms with Gasteiger partial charge in [-0.05, 0) is 0 Å². The van der Waals surface area contributed by atoms with Gasteiger partial charge in [0, 0.05) is 6.92 Å². The molecule has 1 amide bonds. The fourth-order valence-corrected chi connectivity index (χ4v) is 1.66. The molecular formula is C6H11NO11P2. The van der Waals surface area contributed by atoms with Gasteiger partial charge in [0.2, 0.25) is 5.91 Å². The Morgan fingerprint density at radius 3 is 1.85 bits per heavy atom. The van der Waals surface area contributed by atoms with Crippen LogP contribution in [0.15, 0.2) is 0 Å². The van der Waals surface area contributed by atoms with Crippen LogP contribution in [0, 0.1) is 0 Å². The van der Waals surface area contributed by atoms with Gasteiger partial charge in [-0.3, -0.25) is 29.2 Å². The molecule has 0 unspecified atom stereocenters. The molecule has 0 aromatic rings. The Hall–Kier alpha value is -1.29. The maximum absolute atomic E-state index is 11.3. The quantitative estimate of drug-likeness (QED) is 0.342. The van der Waals surface area contributed by atoms with Gasteiger partial charge in [0.15, 0.2) is 0 Å². The van der Waals surface area contributed by atoms with E-state index in [0.717, 1.165) is 6.92 Å². The molecule has 0 rings (SSSR count). The van der Waals surface area contributed by atoms with Crippen molar-refractivity contribution >= 4 is 33.5 Å². The molecule has 116 valence electrons. The zero-order valence-corrected chi connectivity index (χ0v) is 11.6. The van der Waals surface area contributed by atoms with Crippen molar-refractivity contribution in [3.05, 3.63) is 0 Å². The number of hydrogen-bond donors (Lipinski definition) is 5. The molecular weight excluding hydrogens is 324 g/mol. The van der Waals surface area contributed by atoms with E-state index in [4.69, 9.17) is 19.6 Å². The fraction of sp³-hybridized carbons (Fsp3) is 0.500. The lowest BCUT2D eigenvalue weighted by atomic mass is 10.2. The topological polar surface area (TPSA) is 197 Å². The Balaban J connectivity index is 4.85. The van der Waals surface area contributed by atoms with E-state index in [1.807, 2.05) is 5.32 Å². The van der Waals surface area contributed by atoms with Crippen molar-refractivity contribution in [2.45, 2.75) is 19.4 Å².